The quantitative estimate of drug-likeness (QED) is 0.184. The van der Waals surface area contributed by atoms with E-state index in [2.05, 4.69) is 14.8 Å². The smallest absolute Gasteiger partial charge is 0.491 e. The van der Waals surface area contributed by atoms with Crippen LogP contribution in [-0.2, 0) is 16.8 Å². The Balaban J connectivity index is 1.14. The van der Waals surface area contributed by atoms with Gasteiger partial charge in [-0.25, -0.2) is 9.50 Å². The molecule has 1 aliphatic heterocycles. The summed E-state index contributed by atoms with van der Waals surface area (Å²) < 4.78 is 50.7. The zero-order valence-corrected chi connectivity index (χ0v) is 26.7. The number of aromatic nitrogens is 3. The van der Waals surface area contributed by atoms with Crippen LogP contribution in [0.5, 0.6) is 23.1 Å². The molecule has 14 heteroatoms. The lowest BCUT2D eigenvalue weighted by Gasteiger charge is -2.30. The molecule has 0 unspecified atom stereocenters. The highest BCUT2D eigenvalue weighted by atomic mass is 19.3. The number of aliphatic hydroxyl groups is 1. The lowest BCUT2D eigenvalue weighted by Crippen LogP contribution is -2.43. The molecule has 3 fully saturated rings. The Labute approximate surface area is 279 Å². The van der Waals surface area contributed by atoms with Gasteiger partial charge in [-0.15, -0.1) is 8.78 Å². The maximum Gasteiger partial charge on any atom is 0.586 e. The van der Waals surface area contributed by atoms with Crippen molar-refractivity contribution in [2.24, 2.45) is 11.7 Å². The lowest BCUT2D eigenvalue weighted by molar-refractivity contribution is -0.286. The third-order valence-electron chi connectivity index (χ3n) is 9.21. The van der Waals surface area contributed by atoms with Crippen LogP contribution in [-0.4, -0.2) is 57.1 Å². The SMILES string of the molecule is CCOc1c(CC(N)=O)cc([C@@](O)(CNC(=O)c2cc(OC3CC3)n3nc(C4CC4)cc3c2)C2CC2)nc1-c1ccc2c(c1)OC(F)(F)O2. The number of fused-ring (bicyclic) bond motifs is 2. The van der Waals surface area contributed by atoms with Crippen LogP contribution in [0.1, 0.15) is 78.7 Å². The van der Waals surface area contributed by atoms with Gasteiger partial charge in [0.05, 0.1) is 36.5 Å². The van der Waals surface area contributed by atoms with Crippen LogP contribution < -0.4 is 30.0 Å². The van der Waals surface area contributed by atoms with E-state index in [1.54, 1.807) is 29.6 Å². The Bertz CT molecular complexity index is 1990. The highest BCUT2D eigenvalue weighted by molar-refractivity contribution is 5.95. The third kappa shape index (κ3) is 6.20. The Kier molecular flexibility index (Phi) is 7.39. The van der Waals surface area contributed by atoms with Crippen molar-refractivity contribution in [1.82, 2.24) is 19.9 Å². The number of amides is 2. The van der Waals surface area contributed by atoms with Crippen molar-refractivity contribution in [2.45, 2.75) is 75.8 Å². The first-order valence-corrected chi connectivity index (χ1v) is 16.6. The van der Waals surface area contributed by atoms with Gasteiger partial charge in [-0.3, -0.25) is 9.59 Å². The number of ether oxygens (including phenoxy) is 4. The molecule has 3 saturated carbocycles. The van der Waals surface area contributed by atoms with Gasteiger partial charge in [-0.1, -0.05) is 0 Å². The Hall–Kier alpha value is -4.98. The summed E-state index contributed by atoms with van der Waals surface area (Å²) in [5.74, 6) is -0.563. The topological polar surface area (TPSA) is 160 Å². The van der Waals surface area contributed by atoms with Crippen LogP contribution in [0.3, 0.4) is 0 Å². The Morgan fingerprint density at radius 3 is 2.55 bits per heavy atom. The summed E-state index contributed by atoms with van der Waals surface area (Å²) in [4.78, 5) is 30.7. The molecule has 4 aliphatic rings. The predicted octanol–water partition coefficient (Wildman–Crippen LogP) is 4.59. The highest BCUT2D eigenvalue weighted by Crippen LogP contribution is 2.48. The van der Waals surface area contributed by atoms with E-state index in [-0.39, 0.29) is 60.2 Å². The molecule has 0 saturated heterocycles. The molecule has 12 nitrogen and oxygen atoms in total. The molecule has 0 radical (unpaired) electrons. The fourth-order valence-electron chi connectivity index (χ4n) is 6.29. The van der Waals surface area contributed by atoms with E-state index >= 15 is 0 Å². The standard InChI is InChI=1S/C35H35F2N5O7/c1-2-46-32-20(14-29(38)43)13-28(40-31(32)19-5-10-26-27(12-19)49-35(36,37)48-26)34(45,22-6-7-22)17-39-33(44)21-11-23-16-25(18-3-4-18)41-42(23)30(15-21)47-24-8-9-24/h5,10-13,15-16,18,22,24,45H,2-4,6-9,14,17H2,1H3,(H2,38,43)(H,39,44)/t34-/m1/s1. The van der Waals surface area contributed by atoms with Gasteiger partial charge in [-0.2, -0.15) is 5.10 Å². The number of hydrogen-bond acceptors (Lipinski definition) is 9. The summed E-state index contributed by atoms with van der Waals surface area (Å²) in [7, 11) is 0. The molecule has 4 N–H and O–H groups in total. The molecule has 4 heterocycles. The Morgan fingerprint density at radius 2 is 1.86 bits per heavy atom. The number of rotatable bonds is 13. The number of carbonyl (C=O) groups is 2. The van der Waals surface area contributed by atoms with Crippen molar-refractivity contribution >= 4 is 17.3 Å². The van der Waals surface area contributed by atoms with E-state index < -0.39 is 23.7 Å². The first-order chi connectivity index (χ1) is 23.5. The molecule has 8 rings (SSSR count). The number of alkyl halides is 2. The van der Waals surface area contributed by atoms with Crippen LogP contribution >= 0.6 is 0 Å². The third-order valence-corrected chi connectivity index (χ3v) is 9.21. The molecule has 4 aromatic rings. The van der Waals surface area contributed by atoms with Crippen LogP contribution in [0.25, 0.3) is 16.8 Å². The van der Waals surface area contributed by atoms with Crippen molar-refractivity contribution in [3.8, 4) is 34.4 Å². The molecular formula is C35H35F2N5O7. The number of hydrogen-bond donors (Lipinski definition) is 3. The van der Waals surface area contributed by atoms with Crippen molar-refractivity contribution in [2.75, 3.05) is 13.2 Å². The van der Waals surface area contributed by atoms with E-state index in [4.69, 9.17) is 25.3 Å². The minimum absolute atomic E-state index is 0.0887. The van der Waals surface area contributed by atoms with Gasteiger partial charge in [0.2, 0.25) is 11.8 Å². The van der Waals surface area contributed by atoms with Crippen LogP contribution in [0.2, 0.25) is 0 Å². The second-order valence-corrected chi connectivity index (χ2v) is 13.2. The maximum absolute atomic E-state index is 13.8. The number of primary amides is 1. The van der Waals surface area contributed by atoms with E-state index in [0.29, 0.717) is 41.3 Å². The summed E-state index contributed by atoms with van der Waals surface area (Å²) in [6, 6.07) is 11.1. The lowest BCUT2D eigenvalue weighted by atomic mass is 9.90. The van der Waals surface area contributed by atoms with Gasteiger partial charge in [0.15, 0.2) is 11.5 Å². The highest BCUT2D eigenvalue weighted by Gasteiger charge is 2.48. The average molecular weight is 676 g/mol. The average Bonchev–Trinajstić information content (AvgIpc) is 3.93. The number of pyridine rings is 2. The minimum atomic E-state index is -3.83. The zero-order valence-electron chi connectivity index (χ0n) is 26.7. The fraction of sp³-hybridized carbons (Fsp3) is 0.429. The van der Waals surface area contributed by atoms with Crippen molar-refractivity contribution in [1.29, 1.82) is 0 Å². The number of carbonyl (C=O) groups excluding carboxylic acids is 2. The fourth-order valence-corrected chi connectivity index (χ4v) is 6.29. The summed E-state index contributed by atoms with van der Waals surface area (Å²) >= 11 is 0. The number of nitrogens with zero attached hydrogens (tertiary/aromatic N) is 3. The van der Waals surface area contributed by atoms with E-state index in [0.717, 1.165) is 36.9 Å². The maximum atomic E-state index is 13.8. The van der Waals surface area contributed by atoms with Gasteiger partial charge in [0.1, 0.15) is 23.1 Å². The van der Waals surface area contributed by atoms with Crippen LogP contribution in [0.15, 0.2) is 42.5 Å². The largest absolute Gasteiger partial charge is 0.586 e. The number of nitrogens with two attached hydrogens (primary N) is 1. The van der Waals surface area contributed by atoms with Crippen LogP contribution in [0, 0.1) is 5.92 Å². The molecule has 2 amide bonds. The zero-order chi connectivity index (χ0) is 34.1. The molecular weight excluding hydrogens is 640 g/mol. The van der Waals surface area contributed by atoms with Crippen LogP contribution in [0.4, 0.5) is 8.78 Å². The molecule has 1 aromatic carbocycles. The normalized spacial score (nSPS) is 19.0. The summed E-state index contributed by atoms with van der Waals surface area (Å²) in [6.45, 7) is 1.75. The minimum Gasteiger partial charge on any atom is -0.491 e. The van der Waals surface area contributed by atoms with Gasteiger partial charge in [-0.05, 0) is 87.8 Å². The monoisotopic (exact) mass is 675 g/mol. The molecule has 49 heavy (non-hydrogen) atoms. The van der Waals surface area contributed by atoms with Gasteiger partial charge in [0.25, 0.3) is 5.91 Å². The number of halogens is 2. The van der Waals surface area contributed by atoms with E-state index in [9.17, 15) is 23.5 Å². The molecule has 0 bridgehead atoms. The Morgan fingerprint density at radius 1 is 1.08 bits per heavy atom. The molecule has 3 aliphatic carbocycles. The van der Waals surface area contributed by atoms with E-state index in [1.807, 2.05) is 6.07 Å². The molecule has 1 atom stereocenters. The van der Waals surface area contributed by atoms with Gasteiger partial charge < -0.3 is 35.1 Å². The van der Waals surface area contributed by atoms with E-state index in [1.165, 1.54) is 18.2 Å². The second kappa shape index (κ2) is 11.6. The number of nitrogens with one attached hydrogen (secondary N) is 1. The first-order valence-electron chi connectivity index (χ1n) is 16.6. The molecule has 0 spiro atoms. The summed E-state index contributed by atoms with van der Waals surface area (Å²) in [5.41, 5.74) is 7.06. The van der Waals surface area contributed by atoms with Gasteiger partial charge in [0, 0.05) is 28.7 Å². The first kappa shape index (κ1) is 31.3. The molecule has 256 valence electrons. The van der Waals surface area contributed by atoms with Gasteiger partial charge >= 0.3 is 6.29 Å². The predicted molar refractivity (Wildman–Crippen MR) is 170 cm³/mol. The second-order valence-electron chi connectivity index (χ2n) is 13.2. The molecule has 3 aromatic heterocycles. The van der Waals surface area contributed by atoms with Crippen molar-refractivity contribution in [3.63, 3.8) is 0 Å². The van der Waals surface area contributed by atoms with Crippen molar-refractivity contribution in [3.05, 3.63) is 65.0 Å². The van der Waals surface area contributed by atoms with Crippen molar-refractivity contribution < 1.29 is 42.4 Å². The summed E-state index contributed by atoms with van der Waals surface area (Å²) in [6.07, 6.45) is 1.42. The summed E-state index contributed by atoms with van der Waals surface area (Å²) in [5, 5.41) is 19.9. The number of benzene rings is 1.